The lowest BCUT2D eigenvalue weighted by Gasteiger charge is -2.14. The lowest BCUT2D eigenvalue weighted by Crippen LogP contribution is -2.53. The lowest BCUT2D eigenvalue weighted by atomic mass is 10.1. The van der Waals surface area contributed by atoms with Crippen molar-refractivity contribution < 1.29 is 4.79 Å². The molecular weight excluding hydrogens is 312 g/mol. The summed E-state index contributed by atoms with van der Waals surface area (Å²) in [5.41, 5.74) is 0.165. The largest absolute Gasteiger partial charge is 0.336 e. The molecule has 0 aliphatic heterocycles. The molecule has 8 heteroatoms. The third-order valence-corrected chi connectivity index (χ3v) is 3.92. The maximum atomic E-state index is 12.3. The number of benzene rings is 1. The van der Waals surface area contributed by atoms with Crippen LogP contribution in [0, 0.1) is 6.92 Å². The van der Waals surface area contributed by atoms with E-state index in [1.54, 1.807) is 0 Å². The molecule has 2 aromatic rings. The molecule has 0 fully saturated rings. The van der Waals surface area contributed by atoms with Gasteiger partial charge < -0.3 is 5.32 Å². The van der Waals surface area contributed by atoms with Crippen molar-refractivity contribution in [2.75, 3.05) is 5.32 Å². The topological polar surface area (TPSA) is 95.1 Å². The summed E-state index contributed by atoms with van der Waals surface area (Å²) in [4.78, 5) is 48.1. The summed E-state index contributed by atoms with van der Waals surface area (Å²) >= 11 is 0. The predicted octanol–water partition coefficient (Wildman–Crippen LogP) is -0.245. The zero-order valence-electron chi connectivity index (χ0n) is 14.1. The van der Waals surface area contributed by atoms with E-state index in [-0.39, 0.29) is 0 Å². The summed E-state index contributed by atoms with van der Waals surface area (Å²) in [5, 5.41) is 2.75. The Bertz CT molecular complexity index is 925. The average Bonchev–Trinajstić information content (AvgIpc) is 2.57. The summed E-state index contributed by atoms with van der Waals surface area (Å²) in [6.45, 7) is 3.38. The minimum Gasteiger partial charge on any atom is -0.324 e. The van der Waals surface area contributed by atoms with Crippen LogP contribution in [0.15, 0.2) is 32.6 Å². The Morgan fingerprint density at radius 3 is 2.17 bits per heavy atom. The molecule has 0 saturated heterocycles. The lowest BCUT2D eigenvalue weighted by molar-refractivity contribution is -0.116. The first kappa shape index (κ1) is 17.5. The summed E-state index contributed by atoms with van der Waals surface area (Å²) in [6.07, 6.45) is 0.735. The third-order valence-electron chi connectivity index (χ3n) is 3.92. The number of aromatic nitrogens is 3. The van der Waals surface area contributed by atoms with Gasteiger partial charge in [-0.2, -0.15) is 0 Å². The molecule has 1 aromatic carbocycles. The number of anilines is 1. The standard InChI is InChI=1S/C16H20N4O4/c1-5-11-8-6-7-10(2)13(11)17-12(21)9-20-15(23)18(3)14(22)19(4)16(20)24/h6-8H,5,9H2,1-4H3,(H,17,21). The molecular formula is C16H20N4O4. The molecule has 8 nitrogen and oxygen atoms in total. The number of nitrogens with zero attached hydrogens (tertiary/aromatic N) is 3. The van der Waals surface area contributed by atoms with Crippen LogP contribution in [0.3, 0.4) is 0 Å². The molecule has 0 radical (unpaired) electrons. The normalized spacial score (nSPS) is 10.7. The highest BCUT2D eigenvalue weighted by Crippen LogP contribution is 2.20. The zero-order chi connectivity index (χ0) is 18.0. The van der Waals surface area contributed by atoms with Gasteiger partial charge in [0.15, 0.2) is 0 Å². The highest BCUT2D eigenvalue weighted by Gasteiger charge is 2.15. The van der Waals surface area contributed by atoms with E-state index < -0.39 is 29.5 Å². The van der Waals surface area contributed by atoms with Crippen LogP contribution in [-0.4, -0.2) is 19.6 Å². The van der Waals surface area contributed by atoms with Gasteiger partial charge in [-0.3, -0.25) is 4.79 Å². The Kier molecular flexibility index (Phi) is 4.87. The second kappa shape index (κ2) is 6.69. The molecule has 2 rings (SSSR count). The minimum atomic E-state index is -0.821. The Morgan fingerprint density at radius 1 is 1.04 bits per heavy atom. The van der Waals surface area contributed by atoms with Crippen LogP contribution in [0.2, 0.25) is 0 Å². The Hall–Kier alpha value is -2.90. The summed E-state index contributed by atoms with van der Waals surface area (Å²) in [5.74, 6) is -0.503. The number of hydrogen-bond donors (Lipinski definition) is 1. The van der Waals surface area contributed by atoms with Crippen molar-refractivity contribution in [1.82, 2.24) is 13.7 Å². The molecule has 0 bridgehead atoms. The molecule has 0 unspecified atom stereocenters. The smallest absolute Gasteiger partial charge is 0.324 e. The third kappa shape index (κ3) is 3.08. The molecule has 0 atom stereocenters. The van der Waals surface area contributed by atoms with E-state index in [9.17, 15) is 19.2 Å². The maximum absolute atomic E-state index is 12.3. The molecule has 1 amide bonds. The van der Waals surface area contributed by atoms with Crippen molar-refractivity contribution in [3.05, 3.63) is 60.8 Å². The van der Waals surface area contributed by atoms with Crippen LogP contribution in [0.25, 0.3) is 0 Å². The van der Waals surface area contributed by atoms with Crippen LogP contribution in [0.4, 0.5) is 5.69 Å². The first-order valence-electron chi connectivity index (χ1n) is 7.53. The van der Waals surface area contributed by atoms with Crippen molar-refractivity contribution >= 4 is 11.6 Å². The number of carbonyl (C=O) groups excluding carboxylic acids is 1. The molecule has 1 heterocycles. The van der Waals surface area contributed by atoms with Gasteiger partial charge in [-0.05, 0) is 24.5 Å². The van der Waals surface area contributed by atoms with E-state index in [4.69, 9.17) is 0 Å². The van der Waals surface area contributed by atoms with Crippen LogP contribution in [0.1, 0.15) is 18.1 Å². The van der Waals surface area contributed by atoms with Gasteiger partial charge >= 0.3 is 17.1 Å². The molecule has 24 heavy (non-hydrogen) atoms. The van der Waals surface area contributed by atoms with Crippen molar-refractivity contribution in [2.45, 2.75) is 26.8 Å². The highest BCUT2D eigenvalue weighted by atomic mass is 16.2. The van der Waals surface area contributed by atoms with Crippen LogP contribution < -0.4 is 22.4 Å². The number of aryl methyl sites for hydroxylation is 2. The molecule has 0 aliphatic rings. The first-order chi connectivity index (χ1) is 11.3. The van der Waals surface area contributed by atoms with Crippen molar-refractivity contribution in [2.24, 2.45) is 14.1 Å². The van der Waals surface area contributed by atoms with Crippen molar-refractivity contribution in [3.8, 4) is 0 Å². The quantitative estimate of drug-likeness (QED) is 0.835. The van der Waals surface area contributed by atoms with Gasteiger partial charge in [0, 0.05) is 19.8 Å². The van der Waals surface area contributed by atoms with Gasteiger partial charge in [0.2, 0.25) is 5.91 Å². The zero-order valence-corrected chi connectivity index (χ0v) is 14.1. The molecule has 1 aromatic heterocycles. The number of hydrogen-bond acceptors (Lipinski definition) is 4. The second-order valence-corrected chi connectivity index (χ2v) is 5.56. The van der Waals surface area contributed by atoms with Crippen LogP contribution in [0.5, 0.6) is 0 Å². The monoisotopic (exact) mass is 332 g/mol. The number of carbonyl (C=O) groups is 1. The Labute approximate surface area is 138 Å². The van der Waals surface area contributed by atoms with Crippen LogP contribution in [-0.2, 0) is 31.9 Å². The Morgan fingerprint density at radius 2 is 1.62 bits per heavy atom. The maximum Gasteiger partial charge on any atom is 0.336 e. The van der Waals surface area contributed by atoms with Crippen molar-refractivity contribution in [3.63, 3.8) is 0 Å². The van der Waals surface area contributed by atoms with Gasteiger partial charge in [0.1, 0.15) is 6.54 Å². The molecule has 0 aliphatic carbocycles. The van der Waals surface area contributed by atoms with Crippen LogP contribution >= 0.6 is 0 Å². The summed E-state index contributed by atoms with van der Waals surface area (Å²) in [6, 6.07) is 5.67. The fourth-order valence-electron chi connectivity index (χ4n) is 2.49. The van der Waals surface area contributed by atoms with Crippen molar-refractivity contribution in [1.29, 1.82) is 0 Å². The minimum absolute atomic E-state index is 0.461. The van der Waals surface area contributed by atoms with E-state index in [0.717, 1.165) is 31.2 Å². The number of nitrogens with one attached hydrogen (secondary N) is 1. The fraction of sp³-hybridized carbons (Fsp3) is 0.375. The van der Waals surface area contributed by atoms with Gasteiger partial charge in [-0.15, -0.1) is 0 Å². The summed E-state index contributed by atoms with van der Waals surface area (Å²) in [7, 11) is 2.52. The van der Waals surface area contributed by atoms with Gasteiger partial charge in [0.05, 0.1) is 0 Å². The predicted molar refractivity (Wildman–Crippen MR) is 90.4 cm³/mol. The van der Waals surface area contributed by atoms with E-state index >= 15 is 0 Å². The molecule has 1 N–H and O–H groups in total. The van der Waals surface area contributed by atoms with Gasteiger partial charge in [-0.25, -0.2) is 28.1 Å². The first-order valence-corrected chi connectivity index (χ1v) is 7.53. The number of amides is 1. The fourth-order valence-corrected chi connectivity index (χ4v) is 2.49. The van der Waals surface area contributed by atoms with Gasteiger partial charge in [-0.1, -0.05) is 25.1 Å². The van der Waals surface area contributed by atoms with E-state index in [2.05, 4.69) is 5.32 Å². The second-order valence-electron chi connectivity index (χ2n) is 5.56. The molecule has 128 valence electrons. The highest BCUT2D eigenvalue weighted by molar-refractivity contribution is 5.92. The van der Waals surface area contributed by atoms with E-state index in [1.165, 1.54) is 14.1 Å². The van der Waals surface area contributed by atoms with E-state index in [0.29, 0.717) is 5.69 Å². The number of rotatable bonds is 4. The number of para-hydroxylation sites is 1. The van der Waals surface area contributed by atoms with E-state index in [1.807, 2.05) is 32.0 Å². The molecule has 0 saturated carbocycles. The van der Waals surface area contributed by atoms with Gasteiger partial charge in [0.25, 0.3) is 0 Å². The average molecular weight is 332 g/mol. The molecule has 0 spiro atoms. The summed E-state index contributed by atoms with van der Waals surface area (Å²) < 4.78 is 2.32. The Balaban J connectivity index is 2.38. The SMILES string of the molecule is CCc1cccc(C)c1NC(=O)Cn1c(=O)n(C)c(=O)n(C)c1=O.